The Morgan fingerprint density at radius 2 is 1.88 bits per heavy atom. The number of aryl methyl sites for hydroxylation is 2. The van der Waals surface area contributed by atoms with Gasteiger partial charge in [-0.1, -0.05) is 24.6 Å². The maximum absolute atomic E-state index is 13.4. The van der Waals surface area contributed by atoms with Crippen LogP contribution < -0.4 is 10.6 Å². The van der Waals surface area contributed by atoms with Crippen LogP contribution in [0, 0.1) is 19.7 Å². The number of benzene rings is 2. The number of anilines is 1. The van der Waals surface area contributed by atoms with E-state index in [2.05, 4.69) is 10.6 Å². The van der Waals surface area contributed by atoms with E-state index in [9.17, 15) is 22.4 Å². The first-order valence-electron chi connectivity index (χ1n) is 10.6. The van der Waals surface area contributed by atoms with Crippen molar-refractivity contribution in [2.24, 2.45) is 0 Å². The molecule has 0 aliphatic carbocycles. The van der Waals surface area contributed by atoms with Crippen LogP contribution in [0.5, 0.6) is 0 Å². The van der Waals surface area contributed by atoms with Crippen LogP contribution >= 0.6 is 0 Å². The molecule has 32 heavy (non-hydrogen) atoms. The van der Waals surface area contributed by atoms with Gasteiger partial charge >= 0.3 is 11.8 Å². The SMILES string of the molecule is Cc1ccc(C)c(S(=O)(=O)N2CCCC[C@H]2CCNC(=O)C(=O)Nc2cccc(F)c2)c1. The highest BCUT2D eigenvalue weighted by Crippen LogP contribution is 2.29. The summed E-state index contributed by atoms with van der Waals surface area (Å²) in [6.45, 7) is 4.21. The largest absolute Gasteiger partial charge is 0.348 e. The number of sulfonamides is 1. The Bertz CT molecular complexity index is 1100. The molecule has 2 aromatic carbocycles. The summed E-state index contributed by atoms with van der Waals surface area (Å²) in [6, 6.07) is 10.4. The molecule has 3 rings (SSSR count). The second-order valence-corrected chi connectivity index (χ2v) is 9.90. The van der Waals surface area contributed by atoms with Gasteiger partial charge in [0.25, 0.3) is 0 Å². The number of halogens is 1. The van der Waals surface area contributed by atoms with E-state index in [0.717, 1.165) is 24.5 Å². The first kappa shape index (κ1) is 23.9. The summed E-state index contributed by atoms with van der Waals surface area (Å²) in [7, 11) is -3.67. The first-order valence-corrected chi connectivity index (χ1v) is 12.1. The molecule has 1 heterocycles. The summed E-state index contributed by atoms with van der Waals surface area (Å²) >= 11 is 0. The number of hydrogen-bond acceptors (Lipinski definition) is 4. The van der Waals surface area contributed by atoms with Gasteiger partial charge in [0.1, 0.15) is 5.82 Å². The average Bonchev–Trinajstić information content (AvgIpc) is 2.75. The number of hydrogen-bond donors (Lipinski definition) is 2. The summed E-state index contributed by atoms with van der Waals surface area (Å²) in [4.78, 5) is 24.4. The van der Waals surface area contributed by atoms with Crippen molar-refractivity contribution in [1.29, 1.82) is 0 Å². The van der Waals surface area contributed by atoms with E-state index in [-0.39, 0.29) is 18.3 Å². The first-order chi connectivity index (χ1) is 15.2. The van der Waals surface area contributed by atoms with E-state index in [1.807, 2.05) is 13.0 Å². The van der Waals surface area contributed by atoms with Gasteiger partial charge in [0.15, 0.2) is 0 Å². The van der Waals surface area contributed by atoms with Crippen LogP contribution in [0.2, 0.25) is 0 Å². The molecule has 1 aliphatic rings. The highest BCUT2D eigenvalue weighted by Gasteiger charge is 2.34. The Morgan fingerprint density at radius 1 is 1.09 bits per heavy atom. The number of nitrogens with zero attached hydrogens (tertiary/aromatic N) is 1. The molecule has 0 radical (unpaired) electrons. The van der Waals surface area contributed by atoms with Gasteiger partial charge in [-0.05, 0) is 68.5 Å². The van der Waals surface area contributed by atoms with Gasteiger partial charge in [0, 0.05) is 24.8 Å². The van der Waals surface area contributed by atoms with E-state index in [0.29, 0.717) is 29.8 Å². The van der Waals surface area contributed by atoms with Gasteiger partial charge in [-0.25, -0.2) is 12.8 Å². The van der Waals surface area contributed by atoms with Gasteiger partial charge in [-0.2, -0.15) is 4.31 Å². The highest BCUT2D eigenvalue weighted by atomic mass is 32.2. The molecule has 172 valence electrons. The van der Waals surface area contributed by atoms with E-state index in [4.69, 9.17) is 0 Å². The fourth-order valence-corrected chi connectivity index (χ4v) is 5.91. The van der Waals surface area contributed by atoms with E-state index < -0.39 is 27.7 Å². The van der Waals surface area contributed by atoms with E-state index >= 15 is 0 Å². The van der Waals surface area contributed by atoms with E-state index in [1.165, 1.54) is 22.5 Å². The fraction of sp³-hybridized carbons (Fsp3) is 0.391. The van der Waals surface area contributed by atoms with Crippen molar-refractivity contribution < 1.29 is 22.4 Å². The molecular weight excluding hydrogens is 433 g/mol. The van der Waals surface area contributed by atoms with Crippen LogP contribution in [0.25, 0.3) is 0 Å². The van der Waals surface area contributed by atoms with Crippen molar-refractivity contribution in [3.63, 3.8) is 0 Å². The zero-order valence-corrected chi connectivity index (χ0v) is 19.0. The highest BCUT2D eigenvalue weighted by molar-refractivity contribution is 7.89. The Morgan fingerprint density at radius 3 is 2.62 bits per heavy atom. The van der Waals surface area contributed by atoms with Crippen LogP contribution in [0.1, 0.15) is 36.8 Å². The summed E-state index contributed by atoms with van der Waals surface area (Å²) in [5.74, 6) is -2.28. The molecule has 1 atom stereocenters. The standard InChI is InChI=1S/C23H28FN3O4S/c1-16-9-10-17(2)21(14-16)32(30,31)27-13-4-3-8-20(27)11-12-25-22(28)23(29)26-19-7-5-6-18(24)15-19/h5-7,9-10,14-15,20H,3-4,8,11-13H2,1-2H3,(H,25,28)(H,26,29)/t20-/m0/s1. The van der Waals surface area contributed by atoms with Crippen LogP contribution in [-0.2, 0) is 19.6 Å². The lowest BCUT2D eigenvalue weighted by molar-refractivity contribution is -0.136. The molecule has 0 spiro atoms. The fourth-order valence-electron chi connectivity index (χ4n) is 3.88. The number of piperidine rings is 1. The predicted molar refractivity (Wildman–Crippen MR) is 120 cm³/mol. The minimum Gasteiger partial charge on any atom is -0.348 e. The lowest BCUT2D eigenvalue weighted by Gasteiger charge is -2.35. The maximum Gasteiger partial charge on any atom is 0.313 e. The lowest BCUT2D eigenvalue weighted by Crippen LogP contribution is -2.46. The summed E-state index contributed by atoms with van der Waals surface area (Å²) in [6.07, 6.45) is 2.76. The topological polar surface area (TPSA) is 95.6 Å². The van der Waals surface area contributed by atoms with Gasteiger partial charge in [0.05, 0.1) is 4.90 Å². The number of amides is 2. The molecule has 7 nitrogen and oxygen atoms in total. The molecule has 2 amide bonds. The number of rotatable bonds is 6. The number of nitrogens with one attached hydrogen (secondary N) is 2. The monoisotopic (exact) mass is 461 g/mol. The third-order valence-electron chi connectivity index (χ3n) is 5.56. The maximum atomic E-state index is 13.4. The molecule has 2 aromatic rings. The zero-order chi connectivity index (χ0) is 23.3. The molecule has 0 unspecified atom stereocenters. The normalized spacial score (nSPS) is 17.0. The third-order valence-corrected chi connectivity index (χ3v) is 7.65. The molecule has 2 N–H and O–H groups in total. The van der Waals surface area contributed by atoms with Crippen molar-refractivity contribution in [3.05, 3.63) is 59.4 Å². The summed E-state index contributed by atoms with van der Waals surface area (Å²) in [5.41, 5.74) is 1.75. The lowest BCUT2D eigenvalue weighted by atomic mass is 10.0. The molecule has 9 heteroatoms. The molecule has 1 saturated heterocycles. The summed E-state index contributed by atoms with van der Waals surface area (Å²) < 4.78 is 41.5. The average molecular weight is 462 g/mol. The second-order valence-electron chi connectivity index (χ2n) is 8.04. The minimum atomic E-state index is -3.67. The Hall–Kier alpha value is -2.78. The van der Waals surface area contributed by atoms with Crippen LogP contribution in [0.15, 0.2) is 47.4 Å². The Balaban J connectivity index is 1.61. The van der Waals surface area contributed by atoms with E-state index in [1.54, 1.807) is 19.1 Å². The molecule has 0 saturated carbocycles. The van der Waals surface area contributed by atoms with Gasteiger partial charge in [0.2, 0.25) is 10.0 Å². The Labute approximate surface area is 188 Å². The molecular formula is C23H28FN3O4S. The van der Waals surface area contributed by atoms with Crippen molar-refractivity contribution in [2.45, 2.75) is 50.5 Å². The van der Waals surface area contributed by atoms with Crippen LogP contribution in [0.3, 0.4) is 0 Å². The minimum absolute atomic E-state index is 0.152. The number of carbonyl (C=O) groups excluding carboxylic acids is 2. The molecule has 0 aromatic heterocycles. The zero-order valence-electron chi connectivity index (χ0n) is 18.2. The third kappa shape index (κ3) is 5.72. The van der Waals surface area contributed by atoms with Crippen molar-refractivity contribution >= 4 is 27.5 Å². The van der Waals surface area contributed by atoms with Crippen LogP contribution in [-0.4, -0.2) is 43.7 Å². The van der Waals surface area contributed by atoms with Gasteiger partial charge in [-0.3, -0.25) is 9.59 Å². The van der Waals surface area contributed by atoms with Crippen LogP contribution in [0.4, 0.5) is 10.1 Å². The van der Waals surface area contributed by atoms with Crippen molar-refractivity contribution in [3.8, 4) is 0 Å². The smallest absolute Gasteiger partial charge is 0.313 e. The van der Waals surface area contributed by atoms with Crippen molar-refractivity contribution in [2.75, 3.05) is 18.4 Å². The molecule has 1 aliphatic heterocycles. The Kier molecular flexibility index (Phi) is 7.63. The molecule has 1 fully saturated rings. The molecule has 0 bridgehead atoms. The number of carbonyl (C=O) groups is 2. The van der Waals surface area contributed by atoms with Gasteiger partial charge < -0.3 is 10.6 Å². The predicted octanol–water partition coefficient (Wildman–Crippen LogP) is 3.13. The summed E-state index contributed by atoms with van der Waals surface area (Å²) in [5, 5.41) is 4.87. The quantitative estimate of drug-likeness (QED) is 0.646. The van der Waals surface area contributed by atoms with Gasteiger partial charge in [-0.15, -0.1) is 0 Å². The second kappa shape index (κ2) is 10.2. The van der Waals surface area contributed by atoms with Crippen molar-refractivity contribution in [1.82, 2.24) is 9.62 Å².